The molecule has 0 aliphatic rings. The van der Waals surface area contributed by atoms with Crippen molar-refractivity contribution in [3.63, 3.8) is 0 Å². The normalized spacial score (nSPS) is 13.7. The quantitative estimate of drug-likeness (QED) is 0.612. The minimum Gasteiger partial charge on any atom is -0.394 e. The third-order valence-electron chi connectivity index (χ3n) is 0.954. The fourth-order valence-electron chi connectivity index (χ4n) is 0.426. The zero-order chi connectivity index (χ0) is 7.28. The number of hydrogen-bond donors (Lipinski definition) is 2. The van der Waals surface area contributed by atoms with Crippen molar-refractivity contribution in [1.82, 2.24) is 0 Å². The molecule has 2 nitrogen and oxygen atoms in total. The van der Waals surface area contributed by atoms with Crippen LogP contribution < -0.4 is 5.73 Å². The minimum absolute atomic E-state index is 0. The molecule has 0 radical (unpaired) electrons. The van der Waals surface area contributed by atoms with Crippen molar-refractivity contribution in [3.05, 3.63) is 12.2 Å². The standard InChI is InChI=1S/C7H15NO.ClH/c1-6(2)3-4-7(8)5-9;/h3-4,6-7,9H,5,8H2,1-2H3;1H/b4-3+;/t7-;/m1./s1. The van der Waals surface area contributed by atoms with E-state index < -0.39 is 0 Å². The summed E-state index contributed by atoms with van der Waals surface area (Å²) in [5.74, 6) is 0.516. The van der Waals surface area contributed by atoms with Gasteiger partial charge in [0.1, 0.15) is 0 Å². The minimum atomic E-state index is -0.188. The molecule has 62 valence electrons. The number of aliphatic hydroxyl groups excluding tert-OH is 1. The van der Waals surface area contributed by atoms with Gasteiger partial charge in [-0.2, -0.15) is 0 Å². The van der Waals surface area contributed by atoms with Crippen LogP contribution in [0.2, 0.25) is 0 Å². The summed E-state index contributed by atoms with van der Waals surface area (Å²) >= 11 is 0. The van der Waals surface area contributed by atoms with Crippen LogP contribution in [0.25, 0.3) is 0 Å². The van der Waals surface area contributed by atoms with Gasteiger partial charge >= 0.3 is 0 Å². The van der Waals surface area contributed by atoms with Crippen LogP contribution in [-0.4, -0.2) is 17.8 Å². The summed E-state index contributed by atoms with van der Waals surface area (Å²) < 4.78 is 0. The van der Waals surface area contributed by atoms with E-state index in [1.165, 1.54) is 0 Å². The van der Waals surface area contributed by atoms with E-state index in [0.717, 1.165) is 0 Å². The molecule has 0 aromatic heterocycles. The van der Waals surface area contributed by atoms with Gasteiger partial charge in [-0.1, -0.05) is 26.0 Å². The summed E-state index contributed by atoms with van der Waals surface area (Å²) in [5.41, 5.74) is 5.38. The SMILES string of the molecule is CC(C)/C=C/[C@@H](N)CO.Cl. The average Bonchev–Trinajstić information content (AvgIpc) is 1.83. The van der Waals surface area contributed by atoms with Gasteiger partial charge in [0, 0.05) is 6.04 Å². The van der Waals surface area contributed by atoms with Crippen LogP contribution in [0.1, 0.15) is 13.8 Å². The molecule has 0 fully saturated rings. The molecule has 0 bridgehead atoms. The smallest absolute Gasteiger partial charge is 0.0618 e. The van der Waals surface area contributed by atoms with E-state index in [1.807, 2.05) is 12.2 Å². The fourth-order valence-corrected chi connectivity index (χ4v) is 0.426. The maximum Gasteiger partial charge on any atom is 0.0618 e. The van der Waals surface area contributed by atoms with Gasteiger partial charge in [-0.15, -0.1) is 12.4 Å². The van der Waals surface area contributed by atoms with Gasteiger partial charge in [0.2, 0.25) is 0 Å². The number of nitrogens with two attached hydrogens (primary N) is 1. The van der Waals surface area contributed by atoms with E-state index in [-0.39, 0.29) is 25.1 Å². The predicted octanol–water partition coefficient (Wildman–Crippen LogP) is 0.940. The van der Waals surface area contributed by atoms with Crippen molar-refractivity contribution in [3.8, 4) is 0 Å². The molecule has 0 spiro atoms. The second kappa shape index (κ2) is 7.06. The van der Waals surface area contributed by atoms with E-state index in [4.69, 9.17) is 10.8 Å². The molecule has 0 aromatic rings. The first-order chi connectivity index (χ1) is 4.16. The maximum atomic E-state index is 8.47. The number of rotatable bonds is 3. The van der Waals surface area contributed by atoms with Gasteiger partial charge < -0.3 is 10.8 Å². The van der Waals surface area contributed by atoms with E-state index in [9.17, 15) is 0 Å². The number of aliphatic hydroxyl groups is 1. The lowest BCUT2D eigenvalue weighted by molar-refractivity contribution is 0.283. The van der Waals surface area contributed by atoms with E-state index in [2.05, 4.69) is 13.8 Å². The molecule has 1 atom stereocenters. The van der Waals surface area contributed by atoms with Crippen molar-refractivity contribution in [2.24, 2.45) is 11.7 Å². The molecule has 0 aliphatic heterocycles. The Balaban J connectivity index is 0. The highest BCUT2D eigenvalue weighted by molar-refractivity contribution is 5.85. The molecule has 10 heavy (non-hydrogen) atoms. The van der Waals surface area contributed by atoms with Crippen molar-refractivity contribution in [2.45, 2.75) is 19.9 Å². The molecule has 0 heterocycles. The van der Waals surface area contributed by atoms with Crippen molar-refractivity contribution >= 4 is 12.4 Å². The van der Waals surface area contributed by atoms with Crippen LogP contribution in [-0.2, 0) is 0 Å². The summed E-state index contributed by atoms with van der Waals surface area (Å²) in [6.07, 6.45) is 3.81. The van der Waals surface area contributed by atoms with E-state index >= 15 is 0 Å². The van der Waals surface area contributed by atoms with Crippen molar-refractivity contribution < 1.29 is 5.11 Å². The molecule has 0 aromatic carbocycles. The molecular formula is C7H16ClNO. The monoisotopic (exact) mass is 165 g/mol. The Kier molecular flexibility index (Phi) is 8.91. The maximum absolute atomic E-state index is 8.47. The van der Waals surface area contributed by atoms with E-state index in [0.29, 0.717) is 5.92 Å². The summed E-state index contributed by atoms with van der Waals surface area (Å²) in [6, 6.07) is -0.188. The van der Waals surface area contributed by atoms with Gasteiger partial charge in [0.25, 0.3) is 0 Å². The second-order valence-corrected chi connectivity index (χ2v) is 2.48. The Bertz CT molecular complexity index is 93.6. The van der Waals surface area contributed by atoms with Crippen molar-refractivity contribution in [1.29, 1.82) is 0 Å². The first kappa shape index (κ1) is 12.6. The molecule has 0 amide bonds. The number of allylic oxidation sites excluding steroid dienone is 1. The Hall–Kier alpha value is -0.0500. The van der Waals surface area contributed by atoms with Crippen LogP contribution >= 0.6 is 12.4 Å². The third kappa shape index (κ3) is 7.95. The predicted molar refractivity (Wildman–Crippen MR) is 46.3 cm³/mol. The van der Waals surface area contributed by atoms with Gasteiger partial charge in [-0.05, 0) is 5.92 Å². The van der Waals surface area contributed by atoms with Gasteiger partial charge in [-0.3, -0.25) is 0 Å². The van der Waals surface area contributed by atoms with E-state index in [1.54, 1.807) is 0 Å². The Morgan fingerprint density at radius 1 is 1.40 bits per heavy atom. The van der Waals surface area contributed by atoms with Crippen LogP contribution in [0.5, 0.6) is 0 Å². The van der Waals surface area contributed by atoms with Crippen LogP contribution in [0.15, 0.2) is 12.2 Å². The van der Waals surface area contributed by atoms with Crippen molar-refractivity contribution in [2.75, 3.05) is 6.61 Å². The molecule has 0 saturated carbocycles. The highest BCUT2D eigenvalue weighted by Gasteiger charge is 1.91. The van der Waals surface area contributed by atoms with Crippen LogP contribution in [0.4, 0.5) is 0 Å². The largest absolute Gasteiger partial charge is 0.394 e. The Morgan fingerprint density at radius 3 is 2.20 bits per heavy atom. The zero-order valence-corrected chi connectivity index (χ0v) is 7.27. The molecular weight excluding hydrogens is 150 g/mol. The molecule has 0 rings (SSSR count). The van der Waals surface area contributed by atoms with Gasteiger partial charge in [-0.25, -0.2) is 0 Å². The third-order valence-corrected chi connectivity index (χ3v) is 0.954. The van der Waals surface area contributed by atoms with Gasteiger partial charge in [0.15, 0.2) is 0 Å². The first-order valence-corrected chi connectivity index (χ1v) is 3.21. The number of hydrogen-bond acceptors (Lipinski definition) is 2. The van der Waals surface area contributed by atoms with Gasteiger partial charge in [0.05, 0.1) is 6.61 Å². The topological polar surface area (TPSA) is 46.2 Å². The molecule has 0 unspecified atom stereocenters. The summed E-state index contributed by atoms with van der Waals surface area (Å²) in [6.45, 7) is 4.17. The van der Waals surface area contributed by atoms with Crippen LogP contribution in [0, 0.1) is 5.92 Å². The molecule has 0 aliphatic carbocycles. The molecule has 0 saturated heterocycles. The fraction of sp³-hybridized carbons (Fsp3) is 0.714. The zero-order valence-electron chi connectivity index (χ0n) is 6.45. The lowest BCUT2D eigenvalue weighted by Gasteiger charge is -2.00. The lowest BCUT2D eigenvalue weighted by atomic mass is 10.2. The lowest BCUT2D eigenvalue weighted by Crippen LogP contribution is -2.21. The highest BCUT2D eigenvalue weighted by atomic mass is 35.5. The second-order valence-electron chi connectivity index (χ2n) is 2.48. The average molecular weight is 166 g/mol. The number of halogens is 1. The molecule has 3 heteroatoms. The Morgan fingerprint density at radius 2 is 1.90 bits per heavy atom. The summed E-state index contributed by atoms with van der Waals surface area (Å²) in [7, 11) is 0. The Labute approximate surface area is 68.5 Å². The van der Waals surface area contributed by atoms with Crippen LogP contribution in [0.3, 0.4) is 0 Å². The summed E-state index contributed by atoms with van der Waals surface area (Å²) in [5, 5.41) is 8.47. The highest BCUT2D eigenvalue weighted by Crippen LogP contribution is 1.93. The first-order valence-electron chi connectivity index (χ1n) is 3.21. The molecule has 3 N–H and O–H groups in total. The summed E-state index contributed by atoms with van der Waals surface area (Å²) in [4.78, 5) is 0.